The van der Waals surface area contributed by atoms with Crippen LogP contribution in [0.1, 0.15) is 46.5 Å². The van der Waals surface area contributed by atoms with Gasteiger partial charge in [0.1, 0.15) is 18.0 Å². The molecule has 10 heteroatoms. The van der Waals surface area contributed by atoms with Crippen molar-refractivity contribution in [2.75, 3.05) is 5.32 Å². The van der Waals surface area contributed by atoms with Crippen molar-refractivity contribution in [1.82, 2.24) is 14.9 Å². The number of rotatable bonds is 4. The molecule has 174 valence electrons. The van der Waals surface area contributed by atoms with Crippen LogP contribution in [0.4, 0.5) is 26.4 Å². The van der Waals surface area contributed by atoms with Gasteiger partial charge in [0.05, 0.1) is 17.3 Å². The number of hydrogen-bond donors (Lipinski definition) is 1. The van der Waals surface area contributed by atoms with E-state index in [2.05, 4.69) is 20.1 Å². The normalized spacial score (nSPS) is 21.9. The number of ether oxygens (including phenoxy) is 2. The van der Waals surface area contributed by atoms with Crippen molar-refractivity contribution >= 4 is 34.9 Å². The second-order valence-corrected chi connectivity index (χ2v) is 9.63. The first kappa shape index (κ1) is 23.1. The molecule has 2 aliphatic heterocycles. The third-order valence-electron chi connectivity index (χ3n) is 5.66. The zero-order valence-electron chi connectivity index (χ0n) is 18.6. The zero-order valence-corrected chi connectivity index (χ0v) is 19.4. The highest BCUT2D eigenvalue weighted by molar-refractivity contribution is 6.33. The molecule has 1 aromatic heterocycles. The van der Waals surface area contributed by atoms with E-state index in [0.717, 1.165) is 12.8 Å². The molecule has 2 aromatic rings. The van der Waals surface area contributed by atoms with Gasteiger partial charge in [0, 0.05) is 24.9 Å². The number of carbonyl (C=O) groups is 1. The lowest BCUT2D eigenvalue weighted by Gasteiger charge is -2.39. The van der Waals surface area contributed by atoms with Crippen molar-refractivity contribution in [2.24, 2.45) is 0 Å². The predicted molar refractivity (Wildman–Crippen MR) is 122 cm³/mol. The van der Waals surface area contributed by atoms with Crippen LogP contribution in [-0.4, -0.2) is 44.7 Å². The highest BCUT2D eigenvalue weighted by Gasteiger charge is 2.45. The van der Waals surface area contributed by atoms with Gasteiger partial charge in [0.2, 0.25) is 5.82 Å². The van der Waals surface area contributed by atoms with Crippen molar-refractivity contribution in [3.05, 3.63) is 46.8 Å². The molecule has 33 heavy (non-hydrogen) atoms. The summed E-state index contributed by atoms with van der Waals surface area (Å²) in [5.41, 5.74) is 0.234. The number of fused-ring (bicyclic) bond motifs is 2. The van der Waals surface area contributed by atoms with E-state index in [0.29, 0.717) is 24.2 Å². The lowest BCUT2D eigenvalue weighted by molar-refractivity contribution is -0.00811. The van der Waals surface area contributed by atoms with Gasteiger partial charge in [0.25, 0.3) is 5.88 Å². The van der Waals surface area contributed by atoms with Gasteiger partial charge in [-0.2, -0.15) is 9.37 Å². The number of carbonyl (C=O) groups excluding carboxylic acids is 1. The summed E-state index contributed by atoms with van der Waals surface area (Å²) in [5, 5.41) is 3.11. The monoisotopic (exact) mass is 473 g/mol. The number of hydrogen-bond acceptors (Lipinski definition) is 6. The van der Waals surface area contributed by atoms with E-state index < -0.39 is 11.4 Å². The quantitative estimate of drug-likeness (QED) is 0.559. The summed E-state index contributed by atoms with van der Waals surface area (Å²) < 4.78 is 26.6. The fourth-order valence-corrected chi connectivity index (χ4v) is 4.54. The van der Waals surface area contributed by atoms with Crippen molar-refractivity contribution in [3.63, 3.8) is 0 Å². The van der Waals surface area contributed by atoms with Gasteiger partial charge < -0.3 is 19.7 Å². The third kappa shape index (κ3) is 5.11. The number of aromatic nitrogens is 2. The minimum absolute atomic E-state index is 0.00846. The van der Waals surface area contributed by atoms with E-state index in [9.17, 15) is 4.79 Å². The van der Waals surface area contributed by atoms with Gasteiger partial charge in [-0.25, -0.2) is 14.6 Å². The molecule has 2 unspecified atom stereocenters. The van der Waals surface area contributed by atoms with Gasteiger partial charge in [0.15, 0.2) is 11.5 Å². The summed E-state index contributed by atoms with van der Waals surface area (Å²) in [6.45, 7) is 12.6. The van der Waals surface area contributed by atoms with Crippen molar-refractivity contribution in [3.8, 4) is 5.88 Å². The largest absolute Gasteiger partial charge is 0.472 e. The maximum atomic E-state index is 15.1. The molecule has 2 atom stereocenters. The van der Waals surface area contributed by atoms with Crippen molar-refractivity contribution in [1.29, 1.82) is 0 Å². The lowest BCUT2D eigenvalue weighted by Crippen LogP contribution is -2.50. The number of nitrogens with one attached hydrogen (secondary N) is 1. The predicted octanol–water partition coefficient (Wildman–Crippen LogP) is 5.87. The van der Waals surface area contributed by atoms with Gasteiger partial charge in [-0.15, -0.1) is 0 Å². The van der Waals surface area contributed by atoms with E-state index in [-0.39, 0.29) is 41.0 Å². The Kier molecular flexibility index (Phi) is 6.30. The molecule has 2 fully saturated rings. The second-order valence-electron chi connectivity index (χ2n) is 9.23. The number of benzene rings is 1. The summed E-state index contributed by atoms with van der Waals surface area (Å²) in [4.78, 5) is 25.7. The third-order valence-corrected chi connectivity index (χ3v) is 5.98. The zero-order chi connectivity index (χ0) is 23.8. The van der Waals surface area contributed by atoms with Crippen LogP contribution >= 0.6 is 11.6 Å². The number of anilines is 2. The Bertz CT molecular complexity index is 1090. The first-order valence-corrected chi connectivity index (χ1v) is 11.1. The number of nitrogens with zero attached hydrogens (tertiary/aromatic N) is 4. The number of halogens is 2. The number of amides is 1. The van der Waals surface area contributed by atoms with Crippen molar-refractivity contribution in [2.45, 2.75) is 70.2 Å². The second kappa shape index (κ2) is 9.02. The van der Waals surface area contributed by atoms with E-state index in [4.69, 9.17) is 27.6 Å². The van der Waals surface area contributed by atoms with Crippen LogP contribution in [0.25, 0.3) is 4.85 Å². The summed E-state index contributed by atoms with van der Waals surface area (Å²) in [6, 6.07) is 4.63. The smallest absolute Gasteiger partial charge is 0.410 e. The molecule has 1 aromatic carbocycles. The van der Waals surface area contributed by atoms with E-state index in [1.54, 1.807) is 12.1 Å². The van der Waals surface area contributed by atoms with Crippen LogP contribution in [-0.2, 0) is 4.74 Å². The molecule has 0 aliphatic carbocycles. The van der Waals surface area contributed by atoms with Crippen LogP contribution in [0.5, 0.6) is 5.88 Å². The van der Waals surface area contributed by atoms with Crippen molar-refractivity contribution < 1.29 is 18.7 Å². The molecule has 2 bridgehead atoms. The Labute approximate surface area is 196 Å². The van der Waals surface area contributed by atoms with Crippen LogP contribution < -0.4 is 10.1 Å². The fraction of sp³-hybridized carbons (Fsp3) is 0.478. The van der Waals surface area contributed by atoms with Crippen LogP contribution in [0.2, 0.25) is 5.02 Å². The highest BCUT2D eigenvalue weighted by Crippen LogP contribution is 2.39. The van der Waals surface area contributed by atoms with Crippen LogP contribution in [0.3, 0.4) is 0 Å². The summed E-state index contributed by atoms with van der Waals surface area (Å²) in [6.07, 6.45) is 3.50. The standard InChI is InChI=1S/C23H25ClFN5O3/c1-23(2,3)33-22(31)30-14-6-7-15(30)11-16(10-14)32-21-19(25)20(27-12-28-21)29-18-8-5-13(26-4)9-17(18)24/h5,8-9,12,14-16H,6-7,10-11H2,1-3H3,(H,27,28,29). The molecule has 2 aliphatic rings. The highest BCUT2D eigenvalue weighted by atomic mass is 35.5. The molecule has 0 radical (unpaired) electrons. The molecule has 0 spiro atoms. The van der Waals surface area contributed by atoms with Gasteiger partial charge in [-0.05, 0) is 45.7 Å². The summed E-state index contributed by atoms with van der Waals surface area (Å²) in [5.74, 6) is -0.965. The molecule has 1 N–H and O–H groups in total. The Hall–Kier alpha value is -3.12. The first-order chi connectivity index (χ1) is 15.6. The Morgan fingerprint density at radius 3 is 2.58 bits per heavy atom. The summed E-state index contributed by atoms with van der Waals surface area (Å²) in [7, 11) is 0. The topological polar surface area (TPSA) is 80.9 Å². The minimum atomic E-state index is -0.732. The Morgan fingerprint density at radius 2 is 1.97 bits per heavy atom. The number of piperidine rings is 1. The van der Waals surface area contributed by atoms with E-state index >= 15 is 4.39 Å². The molecule has 3 heterocycles. The van der Waals surface area contributed by atoms with Gasteiger partial charge in [-0.1, -0.05) is 17.7 Å². The molecule has 1 amide bonds. The maximum absolute atomic E-state index is 15.1. The van der Waals surface area contributed by atoms with Gasteiger partial charge >= 0.3 is 6.09 Å². The maximum Gasteiger partial charge on any atom is 0.410 e. The molecule has 4 rings (SSSR count). The molecule has 0 saturated carbocycles. The summed E-state index contributed by atoms with van der Waals surface area (Å²) >= 11 is 6.18. The first-order valence-electron chi connectivity index (χ1n) is 10.8. The van der Waals surface area contributed by atoms with Gasteiger partial charge in [-0.3, -0.25) is 0 Å². The average Bonchev–Trinajstić information content (AvgIpc) is 3.02. The molecular weight excluding hydrogens is 449 g/mol. The SMILES string of the molecule is [C-]#[N+]c1ccc(Nc2ncnc(OC3CC4CCC(C3)N4C(=O)OC(C)(C)C)c2F)c(Cl)c1. The molecule has 8 nitrogen and oxygen atoms in total. The lowest BCUT2D eigenvalue weighted by atomic mass is 10.0. The van der Waals surface area contributed by atoms with E-state index in [1.165, 1.54) is 12.4 Å². The Balaban J connectivity index is 1.45. The Morgan fingerprint density at radius 1 is 1.27 bits per heavy atom. The molecule has 2 saturated heterocycles. The molecular formula is C23H25ClFN5O3. The fourth-order valence-electron chi connectivity index (χ4n) is 4.32. The van der Waals surface area contributed by atoms with Crippen LogP contribution in [0, 0.1) is 12.4 Å². The van der Waals surface area contributed by atoms with Crippen LogP contribution in [0.15, 0.2) is 24.5 Å². The average molecular weight is 474 g/mol. The van der Waals surface area contributed by atoms with E-state index in [1.807, 2.05) is 25.7 Å². The minimum Gasteiger partial charge on any atom is -0.472 e.